The molecule has 2 aromatic heterocycles. The SMILES string of the molecule is C=CCCc1ncc2cn[nH]c2n1. The molecule has 2 aromatic rings. The third kappa shape index (κ3) is 1.56. The summed E-state index contributed by atoms with van der Waals surface area (Å²) < 4.78 is 0. The molecular formula is C9H10N4. The molecule has 0 aromatic carbocycles. The number of nitrogens with one attached hydrogen (secondary N) is 1. The van der Waals surface area contributed by atoms with Crippen LogP contribution in [0.1, 0.15) is 12.2 Å². The molecule has 4 heteroatoms. The third-order valence-corrected chi connectivity index (χ3v) is 1.81. The van der Waals surface area contributed by atoms with Crippen molar-refractivity contribution < 1.29 is 0 Å². The Morgan fingerprint density at radius 1 is 1.46 bits per heavy atom. The van der Waals surface area contributed by atoms with Crippen LogP contribution in [0.3, 0.4) is 0 Å². The molecule has 1 N–H and O–H groups in total. The molecule has 0 saturated heterocycles. The Morgan fingerprint density at radius 2 is 2.38 bits per heavy atom. The molecule has 2 rings (SSSR count). The lowest BCUT2D eigenvalue weighted by Crippen LogP contribution is -1.93. The number of aryl methyl sites for hydroxylation is 1. The smallest absolute Gasteiger partial charge is 0.158 e. The molecule has 66 valence electrons. The first-order valence-corrected chi connectivity index (χ1v) is 4.16. The number of nitrogens with zero attached hydrogens (tertiary/aromatic N) is 3. The van der Waals surface area contributed by atoms with Crippen molar-refractivity contribution in [3.05, 3.63) is 30.9 Å². The van der Waals surface area contributed by atoms with Crippen molar-refractivity contribution in [2.45, 2.75) is 12.8 Å². The van der Waals surface area contributed by atoms with Gasteiger partial charge in [-0.3, -0.25) is 5.10 Å². The van der Waals surface area contributed by atoms with E-state index in [1.54, 1.807) is 12.4 Å². The Balaban J connectivity index is 2.31. The number of hydrogen-bond donors (Lipinski definition) is 1. The summed E-state index contributed by atoms with van der Waals surface area (Å²) in [6, 6.07) is 0. The van der Waals surface area contributed by atoms with E-state index in [1.165, 1.54) is 0 Å². The molecule has 0 aliphatic rings. The van der Waals surface area contributed by atoms with E-state index in [0.717, 1.165) is 29.7 Å². The largest absolute Gasteiger partial charge is 0.261 e. The van der Waals surface area contributed by atoms with Crippen molar-refractivity contribution in [1.82, 2.24) is 20.2 Å². The Morgan fingerprint density at radius 3 is 3.23 bits per heavy atom. The number of hydrogen-bond acceptors (Lipinski definition) is 3. The van der Waals surface area contributed by atoms with Gasteiger partial charge in [0.05, 0.1) is 11.6 Å². The van der Waals surface area contributed by atoms with Gasteiger partial charge in [0.25, 0.3) is 0 Å². The summed E-state index contributed by atoms with van der Waals surface area (Å²) in [6.45, 7) is 3.65. The molecule has 0 spiro atoms. The maximum absolute atomic E-state index is 4.30. The van der Waals surface area contributed by atoms with Gasteiger partial charge in [0, 0.05) is 12.6 Å². The van der Waals surface area contributed by atoms with Gasteiger partial charge in [0.1, 0.15) is 5.82 Å². The third-order valence-electron chi connectivity index (χ3n) is 1.81. The second-order valence-electron chi connectivity index (χ2n) is 2.79. The average molecular weight is 174 g/mol. The maximum atomic E-state index is 4.30. The van der Waals surface area contributed by atoms with Crippen LogP contribution in [0.25, 0.3) is 11.0 Å². The molecule has 0 fully saturated rings. The highest BCUT2D eigenvalue weighted by Gasteiger charge is 1.99. The van der Waals surface area contributed by atoms with E-state index in [1.807, 2.05) is 6.08 Å². The van der Waals surface area contributed by atoms with Crippen LogP contribution >= 0.6 is 0 Å². The van der Waals surface area contributed by atoms with Gasteiger partial charge in [0.2, 0.25) is 0 Å². The highest BCUT2D eigenvalue weighted by Crippen LogP contribution is 2.06. The second-order valence-corrected chi connectivity index (χ2v) is 2.79. The molecule has 0 saturated carbocycles. The second kappa shape index (κ2) is 3.35. The maximum Gasteiger partial charge on any atom is 0.158 e. The van der Waals surface area contributed by atoms with Gasteiger partial charge in [-0.2, -0.15) is 5.10 Å². The lowest BCUT2D eigenvalue weighted by Gasteiger charge is -1.95. The summed E-state index contributed by atoms with van der Waals surface area (Å²) in [7, 11) is 0. The highest BCUT2D eigenvalue weighted by atomic mass is 15.1. The molecule has 0 unspecified atom stereocenters. The van der Waals surface area contributed by atoms with E-state index in [9.17, 15) is 0 Å². The summed E-state index contributed by atoms with van der Waals surface area (Å²) in [5, 5.41) is 7.63. The van der Waals surface area contributed by atoms with Crippen LogP contribution in [-0.2, 0) is 6.42 Å². The first-order valence-electron chi connectivity index (χ1n) is 4.16. The van der Waals surface area contributed by atoms with Crippen molar-refractivity contribution in [2.75, 3.05) is 0 Å². The van der Waals surface area contributed by atoms with Gasteiger partial charge in [-0.1, -0.05) is 6.08 Å². The fourth-order valence-corrected chi connectivity index (χ4v) is 1.13. The van der Waals surface area contributed by atoms with E-state index in [-0.39, 0.29) is 0 Å². The number of allylic oxidation sites excluding steroid dienone is 1. The average Bonchev–Trinajstić information content (AvgIpc) is 2.61. The van der Waals surface area contributed by atoms with Crippen LogP contribution < -0.4 is 0 Å². The minimum atomic E-state index is 0.800. The van der Waals surface area contributed by atoms with Crippen molar-refractivity contribution in [1.29, 1.82) is 0 Å². The van der Waals surface area contributed by atoms with Crippen molar-refractivity contribution in [2.24, 2.45) is 0 Å². The van der Waals surface area contributed by atoms with Crippen molar-refractivity contribution in [3.8, 4) is 0 Å². The highest BCUT2D eigenvalue weighted by molar-refractivity contribution is 5.72. The van der Waals surface area contributed by atoms with Crippen LogP contribution in [0, 0.1) is 0 Å². The molecule has 0 aliphatic carbocycles. The fraction of sp³-hybridized carbons (Fsp3) is 0.222. The quantitative estimate of drug-likeness (QED) is 0.717. The molecule has 0 bridgehead atoms. The fourth-order valence-electron chi connectivity index (χ4n) is 1.13. The van der Waals surface area contributed by atoms with Crippen molar-refractivity contribution in [3.63, 3.8) is 0 Å². The van der Waals surface area contributed by atoms with Gasteiger partial charge in [0.15, 0.2) is 5.65 Å². The summed E-state index contributed by atoms with van der Waals surface area (Å²) in [5.74, 6) is 0.830. The number of aromatic amines is 1. The molecule has 0 aliphatic heterocycles. The van der Waals surface area contributed by atoms with Crippen LogP contribution in [0.4, 0.5) is 0 Å². The molecule has 4 nitrogen and oxygen atoms in total. The summed E-state index contributed by atoms with van der Waals surface area (Å²) in [4.78, 5) is 8.49. The Bertz CT molecular complexity index is 418. The van der Waals surface area contributed by atoms with E-state index < -0.39 is 0 Å². The van der Waals surface area contributed by atoms with E-state index in [4.69, 9.17) is 0 Å². The first kappa shape index (κ1) is 7.91. The van der Waals surface area contributed by atoms with E-state index in [0.29, 0.717) is 0 Å². The lowest BCUT2D eigenvalue weighted by atomic mass is 10.3. The number of rotatable bonds is 3. The Labute approximate surface area is 75.7 Å². The minimum Gasteiger partial charge on any atom is -0.261 e. The Kier molecular flexibility index (Phi) is 2.04. The predicted molar refractivity (Wildman–Crippen MR) is 50.2 cm³/mol. The predicted octanol–water partition coefficient (Wildman–Crippen LogP) is 1.47. The van der Waals surface area contributed by atoms with Gasteiger partial charge in [-0.25, -0.2) is 9.97 Å². The van der Waals surface area contributed by atoms with Crippen LogP contribution in [0.2, 0.25) is 0 Å². The standard InChI is InChI=1S/C9H10N4/c1-2-3-4-8-10-5-7-6-11-13-9(7)12-8/h2,5-6H,1,3-4H2,(H,10,11,12,13). The van der Waals surface area contributed by atoms with E-state index >= 15 is 0 Å². The van der Waals surface area contributed by atoms with Crippen LogP contribution in [0.15, 0.2) is 25.0 Å². The van der Waals surface area contributed by atoms with E-state index in [2.05, 4.69) is 26.7 Å². The summed E-state index contributed by atoms with van der Waals surface area (Å²) >= 11 is 0. The number of fused-ring (bicyclic) bond motifs is 1. The zero-order chi connectivity index (χ0) is 9.10. The first-order chi connectivity index (χ1) is 6.40. The minimum absolute atomic E-state index is 0.800. The zero-order valence-electron chi connectivity index (χ0n) is 7.20. The molecular weight excluding hydrogens is 164 g/mol. The van der Waals surface area contributed by atoms with Crippen LogP contribution in [-0.4, -0.2) is 20.2 Å². The molecule has 0 radical (unpaired) electrons. The normalized spacial score (nSPS) is 10.5. The lowest BCUT2D eigenvalue weighted by molar-refractivity contribution is 0.888. The summed E-state index contributed by atoms with van der Waals surface area (Å²) in [5.41, 5.74) is 0.800. The number of H-pyrrole nitrogens is 1. The molecule has 2 heterocycles. The van der Waals surface area contributed by atoms with Gasteiger partial charge in [-0.15, -0.1) is 6.58 Å². The topological polar surface area (TPSA) is 54.5 Å². The van der Waals surface area contributed by atoms with Gasteiger partial charge >= 0.3 is 0 Å². The Hall–Kier alpha value is -1.71. The summed E-state index contributed by atoms with van der Waals surface area (Å²) in [6.07, 6.45) is 7.09. The number of aromatic nitrogens is 4. The molecule has 13 heavy (non-hydrogen) atoms. The zero-order valence-corrected chi connectivity index (χ0v) is 7.20. The van der Waals surface area contributed by atoms with Crippen molar-refractivity contribution >= 4 is 11.0 Å². The molecule has 0 atom stereocenters. The monoisotopic (exact) mass is 174 g/mol. The van der Waals surface area contributed by atoms with Gasteiger partial charge in [-0.05, 0) is 6.42 Å². The van der Waals surface area contributed by atoms with Gasteiger partial charge < -0.3 is 0 Å². The molecule has 0 amide bonds. The van der Waals surface area contributed by atoms with Crippen LogP contribution in [0.5, 0.6) is 0 Å².